The van der Waals surface area contributed by atoms with Crippen molar-refractivity contribution in [3.63, 3.8) is 0 Å². The van der Waals surface area contributed by atoms with Crippen molar-refractivity contribution in [1.82, 2.24) is 5.32 Å². The zero-order chi connectivity index (χ0) is 8.20. The van der Waals surface area contributed by atoms with Crippen LogP contribution in [0.3, 0.4) is 0 Å². The van der Waals surface area contributed by atoms with Gasteiger partial charge in [0.05, 0.1) is 11.4 Å². The molecule has 0 aliphatic carbocycles. The van der Waals surface area contributed by atoms with Crippen LogP contribution in [-0.4, -0.2) is 28.9 Å². The fraction of sp³-hybridized carbons (Fsp3) is 0.833. The van der Waals surface area contributed by atoms with E-state index >= 15 is 0 Å². The molecule has 0 aromatic rings. The first-order valence-electron chi connectivity index (χ1n) is 3.05. The van der Waals surface area contributed by atoms with Crippen LogP contribution in [0.2, 0.25) is 0 Å². The minimum absolute atomic E-state index is 0.162. The lowest BCUT2D eigenvalue weighted by molar-refractivity contribution is -0.119. The summed E-state index contributed by atoms with van der Waals surface area (Å²) in [5.41, 5.74) is -0.835. The van der Waals surface area contributed by atoms with Crippen LogP contribution in [0.1, 0.15) is 13.8 Å². The molecule has 0 saturated heterocycles. The van der Waals surface area contributed by atoms with Crippen molar-refractivity contribution in [3.05, 3.63) is 0 Å². The Kier molecular flexibility index (Phi) is 3.75. The Bertz CT molecular complexity index is 119. The monoisotopic (exact) mass is 163 g/mol. The molecule has 0 aromatic heterocycles. The number of hydrogen-bond donors (Lipinski definition) is 3. The Hall–Kier alpha value is -0.220. The molecule has 2 N–H and O–H groups in total. The predicted octanol–water partition coefficient (Wildman–Crippen LogP) is -0.197. The second-order valence-electron chi connectivity index (χ2n) is 2.75. The molecule has 0 bridgehead atoms. The number of carbonyl (C=O) groups excluding carboxylic acids is 1. The summed E-state index contributed by atoms with van der Waals surface area (Å²) >= 11 is 3.75. The molecule has 10 heavy (non-hydrogen) atoms. The molecule has 0 saturated carbocycles. The molecule has 0 atom stereocenters. The minimum Gasteiger partial charge on any atom is -0.389 e. The normalized spacial score (nSPS) is 11.2. The summed E-state index contributed by atoms with van der Waals surface area (Å²) in [7, 11) is 0. The van der Waals surface area contributed by atoms with Gasteiger partial charge in [-0.25, -0.2) is 0 Å². The van der Waals surface area contributed by atoms with Crippen molar-refractivity contribution < 1.29 is 9.90 Å². The van der Waals surface area contributed by atoms with Gasteiger partial charge in [-0.1, -0.05) is 0 Å². The Morgan fingerprint density at radius 3 is 2.50 bits per heavy atom. The molecular weight excluding hydrogens is 150 g/mol. The lowest BCUT2D eigenvalue weighted by atomic mass is 10.1. The number of hydrogen-bond acceptors (Lipinski definition) is 3. The van der Waals surface area contributed by atoms with Gasteiger partial charge < -0.3 is 10.4 Å². The molecule has 0 spiro atoms. The van der Waals surface area contributed by atoms with E-state index in [1.54, 1.807) is 13.8 Å². The van der Waals surface area contributed by atoms with E-state index in [1.807, 2.05) is 0 Å². The second kappa shape index (κ2) is 3.83. The molecule has 0 radical (unpaired) electrons. The van der Waals surface area contributed by atoms with Gasteiger partial charge in [-0.2, -0.15) is 12.6 Å². The smallest absolute Gasteiger partial charge is 0.229 e. The molecule has 0 aliphatic heterocycles. The van der Waals surface area contributed by atoms with E-state index in [0.717, 1.165) is 0 Å². The van der Waals surface area contributed by atoms with Gasteiger partial charge >= 0.3 is 0 Å². The van der Waals surface area contributed by atoms with Crippen LogP contribution >= 0.6 is 12.6 Å². The number of carbonyl (C=O) groups is 1. The van der Waals surface area contributed by atoms with E-state index in [2.05, 4.69) is 17.9 Å². The fourth-order valence-electron chi connectivity index (χ4n) is 0.371. The Labute approximate surface area is 66.2 Å². The van der Waals surface area contributed by atoms with Crippen LogP contribution in [0, 0.1) is 0 Å². The highest BCUT2D eigenvalue weighted by molar-refractivity contribution is 7.81. The van der Waals surface area contributed by atoms with Crippen molar-refractivity contribution in [2.75, 3.05) is 12.3 Å². The van der Waals surface area contributed by atoms with E-state index < -0.39 is 5.60 Å². The van der Waals surface area contributed by atoms with E-state index in [1.165, 1.54) is 0 Å². The third-order valence-electron chi connectivity index (χ3n) is 0.862. The maximum atomic E-state index is 10.6. The molecule has 0 rings (SSSR count). The van der Waals surface area contributed by atoms with Crippen LogP contribution in [0.5, 0.6) is 0 Å². The first-order chi connectivity index (χ1) is 4.45. The summed E-state index contributed by atoms with van der Waals surface area (Å²) in [6.07, 6.45) is 0. The maximum absolute atomic E-state index is 10.6. The minimum atomic E-state index is -0.835. The van der Waals surface area contributed by atoms with Gasteiger partial charge in [-0.15, -0.1) is 0 Å². The highest BCUT2D eigenvalue weighted by Crippen LogP contribution is 1.96. The molecule has 1 amide bonds. The maximum Gasteiger partial charge on any atom is 0.229 e. The van der Waals surface area contributed by atoms with Crippen molar-refractivity contribution in [3.8, 4) is 0 Å². The lowest BCUT2D eigenvalue weighted by Gasteiger charge is -2.16. The van der Waals surface area contributed by atoms with Gasteiger partial charge in [0.25, 0.3) is 0 Å². The third kappa shape index (κ3) is 5.91. The lowest BCUT2D eigenvalue weighted by Crippen LogP contribution is -2.38. The number of rotatable bonds is 3. The first kappa shape index (κ1) is 9.78. The number of aliphatic hydroxyl groups is 1. The third-order valence-corrected chi connectivity index (χ3v) is 1.15. The van der Waals surface area contributed by atoms with E-state index in [0.29, 0.717) is 0 Å². The second-order valence-corrected chi connectivity index (χ2v) is 3.06. The van der Waals surface area contributed by atoms with E-state index in [4.69, 9.17) is 5.11 Å². The predicted molar refractivity (Wildman–Crippen MR) is 43.2 cm³/mol. The standard InChI is InChI=1S/C6H13NO2S/c1-6(2,9)4-7-5(8)3-10/h9-10H,3-4H2,1-2H3,(H,7,8). The first-order valence-corrected chi connectivity index (χ1v) is 3.69. The van der Waals surface area contributed by atoms with Crippen LogP contribution in [0.25, 0.3) is 0 Å². The van der Waals surface area contributed by atoms with Crippen molar-refractivity contribution >= 4 is 18.5 Å². The Morgan fingerprint density at radius 2 is 2.20 bits per heavy atom. The summed E-state index contributed by atoms with van der Waals surface area (Å²) in [6.45, 7) is 3.53. The number of nitrogens with one attached hydrogen (secondary N) is 1. The average Bonchev–Trinajstić information content (AvgIpc) is 1.81. The zero-order valence-corrected chi connectivity index (χ0v) is 7.11. The average molecular weight is 163 g/mol. The largest absolute Gasteiger partial charge is 0.389 e. The molecule has 4 heteroatoms. The molecule has 3 nitrogen and oxygen atoms in total. The van der Waals surface area contributed by atoms with E-state index in [-0.39, 0.29) is 18.2 Å². The molecule has 0 aromatic carbocycles. The molecule has 0 unspecified atom stereocenters. The molecule has 0 aliphatic rings. The highest BCUT2D eigenvalue weighted by atomic mass is 32.1. The number of thiol groups is 1. The summed E-state index contributed by atoms with van der Waals surface area (Å²) < 4.78 is 0. The van der Waals surface area contributed by atoms with Crippen LogP contribution in [0.4, 0.5) is 0 Å². The highest BCUT2D eigenvalue weighted by Gasteiger charge is 2.12. The van der Waals surface area contributed by atoms with Gasteiger partial charge in [0, 0.05) is 6.54 Å². The SMILES string of the molecule is CC(C)(O)CNC(=O)CS. The molecule has 60 valence electrons. The molecular formula is C6H13NO2S. The van der Waals surface area contributed by atoms with Gasteiger partial charge in [0.2, 0.25) is 5.91 Å². The fourth-order valence-corrected chi connectivity index (χ4v) is 0.483. The van der Waals surface area contributed by atoms with Gasteiger partial charge in [0.1, 0.15) is 0 Å². The summed E-state index contributed by atoms with van der Waals surface area (Å²) in [4.78, 5) is 10.6. The van der Waals surface area contributed by atoms with E-state index in [9.17, 15) is 4.79 Å². The van der Waals surface area contributed by atoms with Crippen molar-refractivity contribution in [2.45, 2.75) is 19.4 Å². The number of amides is 1. The van der Waals surface area contributed by atoms with Gasteiger partial charge in [-0.3, -0.25) is 4.79 Å². The molecule has 0 heterocycles. The Morgan fingerprint density at radius 1 is 1.70 bits per heavy atom. The summed E-state index contributed by atoms with van der Waals surface area (Å²) in [5, 5.41) is 11.6. The van der Waals surface area contributed by atoms with Crippen molar-refractivity contribution in [2.24, 2.45) is 0 Å². The van der Waals surface area contributed by atoms with Crippen molar-refractivity contribution in [1.29, 1.82) is 0 Å². The topological polar surface area (TPSA) is 49.3 Å². The van der Waals surface area contributed by atoms with Gasteiger partial charge in [-0.05, 0) is 13.8 Å². The quantitative estimate of drug-likeness (QED) is 0.505. The summed E-state index contributed by atoms with van der Waals surface area (Å²) in [6, 6.07) is 0. The molecule has 0 fully saturated rings. The zero-order valence-electron chi connectivity index (χ0n) is 6.22. The van der Waals surface area contributed by atoms with Gasteiger partial charge in [0.15, 0.2) is 0 Å². The van der Waals surface area contributed by atoms with Crippen LogP contribution in [-0.2, 0) is 4.79 Å². The summed E-state index contributed by atoms with van der Waals surface area (Å²) in [5.74, 6) is 0.00117. The Balaban J connectivity index is 3.46. The van der Waals surface area contributed by atoms with Crippen LogP contribution < -0.4 is 5.32 Å². The van der Waals surface area contributed by atoms with Crippen LogP contribution in [0.15, 0.2) is 0 Å².